The van der Waals surface area contributed by atoms with Gasteiger partial charge in [-0.1, -0.05) is 25.0 Å². The van der Waals surface area contributed by atoms with E-state index in [2.05, 4.69) is 27.4 Å². The van der Waals surface area contributed by atoms with E-state index in [0.717, 1.165) is 37.0 Å². The standard InChI is InChI=1S/C17H26N4O2S/c1-2-19-20-16(13-18)21-24-15-10-7-9-14(12-15)8-5-3-4-6-11-17(22)23/h7,9-10,12-13,18-19H,2-6,8,11H2,1H3,(H,20,21)(H,22,23). The zero-order valence-electron chi connectivity index (χ0n) is 14.0. The highest BCUT2D eigenvalue weighted by molar-refractivity contribution is 7.98. The number of carboxylic acid groups (broad SMARTS) is 1. The normalized spacial score (nSPS) is 11.1. The molecule has 0 amide bonds. The van der Waals surface area contributed by atoms with Crippen LogP contribution >= 0.6 is 11.9 Å². The zero-order valence-corrected chi connectivity index (χ0v) is 14.9. The van der Waals surface area contributed by atoms with Gasteiger partial charge in [-0.25, -0.2) is 0 Å². The van der Waals surface area contributed by atoms with E-state index in [1.807, 2.05) is 19.1 Å². The Hall–Kier alpha value is -2.02. The molecular formula is C17H26N4O2S. The minimum Gasteiger partial charge on any atom is -0.481 e. The second kappa shape index (κ2) is 12.4. The molecular weight excluding hydrogens is 324 g/mol. The van der Waals surface area contributed by atoms with Gasteiger partial charge in [0.2, 0.25) is 0 Å². The highest BCUT2D eigenvalue weighted by Gasteiger charge is 2.01. The lowest BCUT2D eigenvalue weighted by atomic mass is 10.1. The van der Waals surface area contributed by atoms with Crippen molar-refractivity contribution in [2.45, 2.75) is 50.3 Å². The van der Waals surface area contributed by atoms with Crippen LogP contribution in [0.1, 0.15) is 44.6 Å². The van der Waals surface area contributed by atoms with E-state index in [9.17, 15) is 4.79 Å². The van der Waals surface area contributed by atoms with E-state index in [-0.39, 0.29) is 6.42 Å². The van der Waals surface area contributed by atoms with Crippen LogP contribution in [0.5, 0.6) is 0 Å². The van der Waals surface area contributed by atoms with Crippen LogP contribution in [-0.2, 0) is 11.2 Å². The number of nitrogens with one attached hydrogen (secondary N) is 3. The number of benzene rings is 1. The molecule has 0 unspecified atom stereocenters. The van der Waals surface area contributed by atoms with Gasteiger partial charge in [0.15, 0.2) is 5.84 Å². The van der Waals surface area contributed by atoms with Crippen molar-refractivity contribution in [2.24, 2.45) is 5.10 Å². The van der Waals surface area contributed by atoms with Gasteiger partial charge in [0, 0.05) is 17.9 Å². The maximum atomic E-state index is 10.4. The van der Waals surface area contributed by atoms with E-state index >= 15 is 0 Å². The Bertz CT molecular complexity index is 549. The van der Waals surface area contributed by atoms with Gasteiger partial charge in [0.05, 0.1) is 6.21 Å². The summed E-state index contributed by atoms with van der Waals surface area (Å²) in [5.74, 6) is -0.236. The highest BCUT2D eigenvalue weighted by Crippen LogP contribution is 2.18. The molecule has 6 nitrogen and oxygen atoms in total. The number of unbranched alkanes of at least 4 members (excludes halogenated alkanes) is 3. The summed E-state index contributed by atoms with van der Waals surface area (Å²) in [6, 6.07) is 8.27. The van der Waals surface area contributed by atoms with Crippen molar-refractivity contribution >= 4 is 30.0 Å². The van der Waals surface area contributed by atoms with Crippen LogP contribution in [0.2, 0.25) is 0 Å². The largest absolute Gasteiger partial charge is 0.481 e. The third-order valence-corrected chi connectivity index (χ3v) is 4.07. The van der Waals surface area contributed by atoms with Gasteiger partial charge in [-0.2, -0.15) is 5.10 Å². The summed E-state index contributed by atoms with van der Waals surface area (Å²) in [6.45, 7) is 2.66. The molecule has 0 saturated carbocycles. The number of hydrogen-bond donors (Lipinski definition) is 4. The molecule has 0 aliphatic heterocycles. The molecule has 0 aliphatic rings. The number of carbonyl (C=O) groups is 1. The van der Waals surface area contributed by atoms with Crippen molar-refractivity contribution < 1.29 is 9.90 Å². The Balaban J connectivity index is 2.35. The fraction of sp³-hybridized carbons (Fsp3) is 0.471. The molecule has 0 saturated heterocycles. The number of amidine groups is 1. The SMILES string of the molecule is CCN/N=C(\C=N)NSc1cccc(CCCCCCC(=O)O)c1. The van der Waals surface area contributed by atoms with Gasteiger partial charge < -0.3 is 20.7 Å². The van der Waals surface area contributed by atoms with Gasteiger partial charge >= 0.3 is 5.97 Å². The smallest absolute Gasteiger partial charge is 0.303 e. The minimum absolute atomic E-state index is 0.265. The first-order valence-electron chi connectivity index (χ1n) is 8.20. The fourth-order valence-corrected chi connectivity index (χ4v) is 2.77. The molecule has 0 aromatic heterocycles. The molecule has 0 atom stereocenters. The van der Waals surface area contributed by atoms with Crippen molar-refractivity contribution in [3.05, 3.63) is 29.8 Å². The summed E-state index contributed by atoms with van der Waals surface area (Å²) in [6.07, 6.45) is 6.27. The van der Waals surface area contributed by atoms with Crippen molar-refractivity contribution in [3.63, 3.8) is 0 Å². The Morgan fingerprint density at radius 3 is 2.83 bits per heavy atom. The molecule has 24 heavy (non-hydrogen) atoms. The maximum absolute atomic E-state index is 10.4. The van der Waals surface area contributed by atoms with E-state index in [1.165, 1.54) is 23.7 Å². The molecule has 0 spiro atoms. The Morgan fingerprint density at radius 2 is 2.12 bits per heavy atom. The number of nitrogens with zero attached hydrogens (tertiary/aromatic N) is 1. The summed E-state index contributed by atoms with van der Waals surface area (Å²) >= 11 is 1.43. The molecule has 0 bridgehead atoms. The second-order valence-corrected chi connectivity index (χ2v) is 6.19. The first-order valence-corrected chi connectivity index (χ1v) is 9.02. The third kappa shape index (κ3) is 9.19. The molecule has 0 heterocycles. The van der Waals surface area contributed by atoms with E-state index < -0.39 is 5.97 Å². The van der Waals surface area contributed by atoms with Crippen LogP contribution in [-0.4, -0.2) is 29.7 Å². The zero-order chi connectivity index (χ0) is 17.6. The topological polar surface area (TPSA) is 97.6 Å². The molecule has 1 aromatic carbocycles. The van der Waals surface area contributed by atoms with Gasteiger partial charge in [-0.3, -0.25) is 4.79 Å². The number of rotatable bonds is 12. The number of carboxylic acids is 1. The average Bonchev–Trinajstić information content (AvgIpc) is 2.58. The lowest BCUT2D eigenvalue weighted by Gasteiger charge is -2.07. The van der Waals surface area contributed by atoms with Crippen LogP contribution in [0, 0.1) is 5.41 Å². The lowest BCUT2D eigenvalue weighted by Crippen LogP contribution is -2.21. The van der Waals surface area contributed by atoms with Gasteiger partial charge in [-0.05, 0) is 55.8 Å². The molecule has 0 aliphatic carbocycles. The number of aryl methyl sites for hydroxylation is 1. The minimum atomic E-state index is -0.714. The maximum Gasteiger partial charge on any atom is 0.303 e. The van der Waals surface area contributed by atoms with Crippen LogP contribution < -0.4 is 10.1 Å². The highest BCUT2D eigenvalue weighted by atomic mass is 32.2. The van der Waals surface area contributed by atoms with Crippen LogP contribution in [0.4, 0.5) is 0 Å². The second-order valence-electron chi connectivity index (χ2n) is 5.31. The Labute approximate surface area is 147 Å². The van der Waals surface area contributed by atoms with E-state index in [1.54, 1.807) is 0 Å². The van der Waals surface area contributed by atoms with Gasteiger partial charge in [0.1, 0.15) is 0 Å². The Morgan fingerprint density at radius 1 is 1.33 bits per heavy atom. The van der Waals surface area contributed by atoms with Crippen molar-refractivity contribution in [1.29, 1.82) is 5.41 Å². The lowest BCUT2D eigenvalue weighted by molar-refractivity contribution is -0.137. The first kappa shape index (κ1) is 20.0. The number of hydrogen-bond acceptors (Lipinski definition) is 5. The van der Waals surface area contributed by atoms with Crippen LogP contribution in [0.3, 0.4) is 0 Å². The number of aliphatic carboxylic acids is 1. The summed E-state index contributed by atoms with van der Waals surface area (Å²) in [5.41, 5.74) is 4.09. The average molecular weight is 350 g/mol. The molecule has 7 heteroatoms. The van der Waals surface area contributed by atoms with Gasteiger partial charge in [-0.15, -0.1) is 0 Å². The van der Waals surface area contributed by atoms with Crippen LogP contribution in [0.25, 0.3) is 0 Å². The monoisotopic (exact) mass is 350 g/mol. The molecule has 0 radical (unpaired) electrons. The Kier molecular flexibility index (Phi) is 10.4. The van der Waals surface area contributed by atoms with Crippen molar-refractivity contribution in [1.82, 2.24) is 10.1 Å². The van der Waals surface area contributed by atoms with E-state index in [4.69, 9.17) is 10.5 Å². The van der Waals surface area contributed by atoms with Crippen molar-refractivity contribution in [3.8, 4) is 0 Å². The van der Waals surface area contributed by atoms with Crippen molar-refractivity contribution in [2.75, 3.05) is 6.54 Å². The van der Waals surface area contributed by atoms with E-state index in [0.29, 0.717) is 12.4 Å². The quantitative estimate of drug-likeness (QED) is 0.152. The summed E-state index contributed by atoms with van der Waals surface area (Å²) in [4.78, 5) is 11.5. The first-order chi connectivity index (χ1) is 11.7. The molecule has 4 N–H and O–H groups in total. The van der Waals surface area contributed by atoms with Crippen LogP contribution in [0.15, 0.2) is 34.3 Å². The fourth-order valence-electron chi connectivity index (χ4n) is 2.08. The molecule has 132 valence electrons. The molecule has 1 aromatic rings. The summed E-state index contributed by atoms with van der Waals surface area (Å²) in [5, 5.41) is 19.9. The summed E-state index contributed by atoms with van der Waals surface area (Å²) < 4.78 is 3.05. The van der Waals surface area contributed by atoms with Gasteiger partial charge in [0.25, 0.3) is 0 Å². The predicted molar refractivity (Wildman–Crippen MR) is 99.8 cm³/mol. The third-order valence-electron chi connectivity index (χ3n) is 3.27. The summed E-state index contributed by atoms with van der Waals surface area (Å²) in [7, 11) is 0. The number of hydrazone groups is 1. The predicted octanol–water partition coefficient (Wildman–Crippen LogP) is 3.43. The molecule has 0 fully saturated rings. The molecule has 1 rings (SSSR count).